The van der Waals surface area contributed by atoms with Gasteiger partial charge in [0.1, 0.15) is 11.9 Å². The Labute approximate surface area is 191 Å². The summed E-state index contributed by atoms with van der Waals surface area (Å²) in [4.78, 5) is 32.9. The number of benzene rings is 2. The normalized spacial score (nSPS) is 11.8. The van der Waals surface area contributed by atoms with E-state index in [-0.39, 0.29) is 24.1 Å². The zero-order valence-electron chi connectivity index (χ0n) is 18.1. The van der Waals surface area contributed by atoms with Crippen LogP contribution in [0.4, 0.5) is 10.1 Å². The van der Waals surface area contributed by atoms with Crippen LogP contribution in [0.15, 0.2) is 79.3 Å². The van der Waals surface area contributed by atoms with Crippen LogP contribution >= 0.6 is 0 Å². The molecule has 3 N–H and O–H groups in total. The monoisotopic (exact) mass is 444 g/mol. The van der Waals surface area contributed by atoms with Gasteiger partial charge in [0.15, 0.2) is 0 Å². The van der Waals surface area contributed by atoms with Crippen molar-refractivity contribution in [3.05, 3.63) is 96.2 Å². The highest BCUT2D eigenvalue weighted by Gasteiger charge is 2.22. The second kappa shape index (κ2) is 10.5. The maximum Gasteiger partial charge on any atom is 0.247 e. The molecule has 168 valence electrons. The van der Waals surface area contributed by atoms with Gasteiger partial charge in [-0.3, -0.25) is 14.6 Å². The van der Waals surface area contributed by atoms with Gasteiger partial charge in [-0.2, -0.15) is 0 Å². The Morgan fingerprint density at radius 1 is 1.00 bits per heavy atom. The molecule has 0 aliphatic rings. The first kappa shape index (κ1) is 22.2. The fourth-order valence-corrected chi connectivity index (χ4v) is 3.76. The average molecular weight is 445 g/mol. The molecule has 2 amide bonds. The van der Waals surface area contributed by atoms with E-state index in [2.05, 4.69) is 20.6 Å². The Balaban J connectivity index is 1.42. The number of amides is 2. The van der Waals surface area contributed by atoms with E-state index in [4.69, 9.17) is 0 Å². The minimum absolute atomic E-state index is 0.202. The summed E-state index contributed by atoms with van der Waals surface area (Å²) in [5.41, 5.74) is 3.51. The van der Waals surface area contributed by atoms with Crippen molar-refractivity contribution in [2.45, 2.75) is 31.7 Å². The van der Waals surface area contributed by atoms with E-state index in [0.29, 0.717) is 24.9 Å². The van der Waals surface area contributed by atoms with Crippen molar-refractivity contribution in [2.75, 3.05) is 5.32 Å². The minimum Gasteiger partial charge on any atom is -0.361 e. The van der Waals surface area contributed by atoms with Crippen molar-refractivity contribution >= 4 is 28.4 Å². The van der Waals surface area contributed by atoms with Gasteiger partial charge < -0.3 is 15.6 Å². The average Bonchev–Trinajstić information content (AvgIpc) is 3.23. The molecule has 2 heterocycles. The number of fused-ring (bicyclic) bond motifs is 1. The number of H-pyrrole nitrogens is 1. The van der Waals surface area contributed by atoms with Gasteiger partial charge in [-0.1, -0.05) is 30.3 Å². The second-order valence-corrected chi connectivity index (χ2v) is 7.89. The second-order valence-electron chi connectivity index (χ2n) is 7.89. The van der Waals surface area contributed by atoms with E-state index in [1.165, 1.54) is 12.1 Å². The number of nitrogens with one attached hydrogen (secondary N) is 3. The van der Waals surface area contributed by atoms with Gasteiger partial charge in [-0.15, -0.1) is 0 Å². The molecule has 0 unspecified atom stereocenters. The van der Waals surface area contributed by atoms with Crippen molar-refractivity contribution in [1.29, 1.82) is 0 Å². The van der Waals surface area contributed by atoms with Gasteiger partial charge in [0.2, 0.25) is 11.8 Å². The number of hydrogen-bond donors (Lipinski definition) is 3. The lowest BCUT2D eigenvalue weighted by Crippen LogP contribution is -2.45. The first-order chi connectivity index (χ1) is 16.1. The van der Waals surface area contributed by atoms with Gasteiger partial charge in [-0.05, 0) is 54.3 Å². The number of hydrogen-bond acceptors (Lipinski definition) is 3. The Morgan fingerprint density at radius 3 is 2.55 bits per heavy atom. The summed E-state index contributed by atoms with van der Waals surface area (Å²) in [6.45, 7) is 0. The molecule has 2 aromatic heterocycles. The first-order valence-electron chi connectivity index (χ1n) is 10.9. The standard InChI is InChI=1S/C26H25FN4O2/c27-20-10-8-18(9-11-20)4-3-7-25(32)31-24(26(33)30-21-12-14-28-15-13-21)16-19-17-29-23-6-2-1-5-22(19)23/h1-2,5-6,8-15,17,24,29H,3-4,7,16H2,(H,31,32)(H,28,30,33)/t24-/m0/s1. The summed E-state index contributed by atoms with van der Waals surface area (Å²) in [7, 11) is 0. The molecule has 1 atom stereocenters. The number of aromatic nitrogens is 2. The lowest BCUT2D eigenvalue weighted by molar-refractivity contribution is -0.126. The number of carbonyl (C=O) groups is 2. The molecule has 6 nitrogen and oxygen atoms in total. The molecule has 0 fully saturated rings. The molecule has 4 aromatic rings. The molecule has 2 aromatic carbocycles. The molecule has 0 spiro atoms. The highest BCUT2D eigenvalue weighted by atomic mass is 19.1. The summed E-state index contributed by atoms with van der Waals surface area (Å²) < 4.78 is 13.1. The maximum atomic E-state index is 13.1. The van der Waals surface area contributed by atoms with E-state index >= 15 is 0 Å². The van der Waals surface area contributed by atoms with Crippen molar-refractivity contribution in [1.82, 2.24) is 15.3 Å². The van der Waals surface area contributed by atoms with Crippen LogP contribution in [0.1, 0.15) is 24.0 Å². The molecule has 0 aliphatic carbocycles. The summed E-state index contributed by atoms with van der Waals surface area (Å²) in [5.74, 6) is -0.776. The quantitative estimate of drug-likeness (QED) is 0.358. The van der Waals surface area contributed by atoms with Crippen LogP contribution in [0, 0.1) is 5.82 Å². The van der Waals surface area contributed by atoms with Gasteiger partial charge in [-0.25, -0.2) is 4.39 Å². The fraction of sp³-hybridized carbons (Fsp3) is 0.192. The largest absolute Gasteiger partial charge is 0.361 e. The molecule has 0 radical (unpaired) electrons. The maximum absolute atomic E-state index is 13.1. The molecular formula is C26H25FN4O2. The van der Waals surface area contributed by atoms with Gasteiger partial charge in [0, 0.05) is 48.0 Å². The van der Waals surface area contributed by atoms with E-state index < -0.39 is 6.04 Å². The molecular weight excluding hydrogens is 419 g/mol. The summed E-state index contributed by atoms with van der Waals surface area (Å²) in [5, 5.41) is 6.77. The summed E-state index contributed by atoms with van der Waals surface area (Å²) in [6.07, 6.45) is 6.94. The van der Waals surface area contributed by atoms with Crippen molar-refractivity contribution in [2.24, 2.45) is 0 Å². The number of nitrogens with zero attached hydrogens (tertiary/aromatic N) is 1. The number of pyridine rings is 1. The van der Waals surface area contributed by atoms with Crippen LogP contribution in [0.25, 0.3) is 10.9 Å². The first-order valence-corrected chi connectivity index (χ1v) is 10.9. The number of rotatable bonds is 9. The topological polar surface area (TPSA) is 86.9 Å². The van der Waals surface area contributed by atoms with Crippen LogP contribution in [-0.2, 0) is 22.4 Å². The fourth-order valence-electron chi connectivity index (χ4n) is 3.76. The smallest absolute Gasteiger partial charge is 0.247 e. The lowest BCUT2D eigenvalue weighted by atomic mass is 10.0. The third-order valence-corrected chi connectivity index (χ3v) is 5.48. The van der Waals surface area contributed by atoms with Crippen molar-refractivity contribution in [3.63, 3.8) is 0 Å². The summed E-state index contributed by atoms with van der Waals surface area (Å²) >= 11 is 0. The van der Waals surface area contributed by atoms with Gasteiger partial charge >= 0.3 is 0 Å². The van der Waals surface area contributed by atoms with Crippen LogP contribution < -0.4 is 10.6 Å². The molecule has 4 rings (SSSR count). The number of para-hydroxylation sites is 1. The number of halogens is 1. The van der Waals surface area contributed by atoms with Crippen LogP contribution in [0.3, 0.4) is 0 Å². The SMILES string of the molecule is O=C(CCCc1ccc(F)cc1)N[C@@H](Cc1c[nH]c2ccccc12)C(=O)Nc1ccncc1. The molecule has 33 heavy (non-hydrogen) atoms. The molecule has 7 heteroatoms. The summed E-state index contributed by atoms with van der Waals surface area (Å²) in [6, 6.07) is 16.8. The van der Waals surface area contributed by atoms with Crippen molar-refractivity contribution in [3.8, 4) is 0 Å². The van der Waals surface area contributed by atoms with Crippen LogP contribution in [0.5, 0.6) is 0 Å². The van der Waals surface area contributed by atoms with Crippen LogP contribution in [0.2, 0.25) is 0 Å². The Bertz CT molecular complexity index is 1220. The third-order valence-electron chi connectivity index (χ3n) is 5.48. The predicted molar refractivity (Wildman–Crippen MR) is 126 cm³/mol. The Hall–Kier alpha value is -4.00. The lowest BCUT2D eigenvalue weighted by Gasteiger charge is -2.18. The molecule has 0 saturated heterocycles. The third kappa shape index (κ3) is 6.04. The van der Waals surface area contributed by atoms with E-state index in [1.807, 2.05) is 30.5 Å². The highest BCUT2D eigenvalue weighted by molar-refractivity contribution is 5.97. The van der Waals surface area contributed by atoms with E-state index in [9.17, 15) is 14.0 Å². The minimum atomic E-state index is -0.740. The predicted octanol–water partition coefficient (Wildman–Crippen LogP) is 4.39. The van der Waals surface area contributed by atoms with Gasteiger partial charge in [0.25, 0.3) is 0 Å². The van der Waals surface area contributed by atoms with E-state index in [1.54, 1.807) is 36.7 Å². The van der Waals surface area contributed by atoms with Crippen molar-refractivity contribution < 1.29 is 14.0 Å². The molecule has 0 saturated carbocycles. The number of aromatic amines is 1. The Kier molecular flexibility index (Phi) is 7.09. The molecule has 0 bridgehead atoms. The van der Waals surface area contributed by atoms with Gasteiger partial charge in [0.05, 0.1) is 0 Å². The zero-order chi connectivity index (χ0) is 23.0. The number of carbonyl (C=O) groups excluding carboxylic acids is 2. The number of aryl methyl sites for hydroxylation is 1. The van der Waals surface area contributed by atoms with Crippen LogP contribution in [-0.4, -0.2) is 27.8 Å². The number of anilines is 1. The highest BCUT2D eigenvalue weighted by Crippen LogP contribution is 2.20. The Morgan fingerprint density at radius 2 is 1.76 bits per heavy atom. The molecule has 0 aliphatic heterocycles. The zero-order valence-corrected chi connectivity index (χ0v) is 18.1. The van der Waals surface area contributed by atoms with E-state index in [0.717, 1.165) is 22.0 Å².